The van der Waals surface area contributed by atoms with Crippen LogP contribution in [0, 0.1) is 5.82 Å². The van der Waals surface area contributed by atoms with Gasteiger partial charge in [0.25, 0.3) is 0 Å². The third-order valence-corrected chi connectivity index (χ3v) is 2.27. The number of rotatable bonds is 1. The van der Waals surface area contributed by atoms with Crippen LogP contribution in [0.4, 0.5) is 4.39 Å². The molecule has 0 aliphatic heterocycles. The Morgan fingerprint density at radius 1 is 1.19 bits per heavy atom. The summed E-state index contributed by atoms with van der Waals surface area (Å²) in [6.45, 7) is 0. The highest BCUT2D eigenvalue weighted by Crippen LogP contribution is 2.15. The molecule has 0 unspecified atom stereocenters. The Hall–Kier alpha value is -2.30. The number of hydrogen-bond acceptors (Lipinski definition) is 3. The van der Waals surface area contributed by atoms with Gasteiger partial charge in [-0.25, -0.2) is 14.1 Å². The maximum absolute atomic E-state index is 12.9. The van der Waals surface area contributed by atoms with Gasteiger partial charge in [0.05, 0.1) is 24.3 Å². The van der Waals surface area contributed by atoms with E-state index in [1.54, 1.807) is 23.3 Å². The van der Waals surface area contributed by atoms with Crippen LogP contribution in [0.25, 0.3) is 16.7 Å². The Morgan fingerprint density at radius 2 is 2.12 bits per heavy atom. The quantitative estimate of drug-likeness (QED) is 0.621. The van der Waals surface area contributed by atoms with E-state index in [0.29, 0.717) is 11.0 Å². The van der Waals surface area contributed by atoms with Gasteiger partial charge in [-0.3, -0.25) is 4.98 Å². The summed E-state index contributed by atoms with van der Waals surface area (Å²) in [5, 5.41) is 4.82. The van der Waals surface area contributed by atoms with Crippen molar-refractivity contribution >= 4 is 11.0 Å². The first-order valence-electron chi connectivity index (χ1n) is 4.74. The Balaban J connectivity index is 2.26. The van der Waals surface area contributed by atoms with Gasteiger partial charge in [-0.2, -0.15) is 5.10 Å². The van der Waals surface area contributed by atoms with E-state index in [0.717, 1.165) is 5.69 Å². The predicted octanol–water partition coefficient (Wildman–Crippen LogP) is 1.95. The van der Waals surface area contributed by atoms with Crippen molar-refractivity contribution in [3.63, 3.8) is 0 Å². The van der Waals surface area contributed by atoms with E-state index in [1.807, 2.05) is 12.1 Å². The third kappa shape index (κ3) is 1.33. The topological polar surface area (TPSA) is 43.6 Å². The van der Waals surface area contributed by atoms with Crippen molar-refractivity contribution in [2.24, 2.45) is 0 Å². The van der Waals surface area contributed by atoms with Crippen LogP contribution in [0.3, 0.4) is 0 Å². The molecule has 3 aromatic rings. The second-order valence-corrected chi connectivity index (χ2v) is 3.33. The number of fused-ring (bicyclic) bond motifs is 1. The van der Waals surface area contributed by atoms with E-state index in [9.17, 15) is 4.39 Å². The molecule has 16 heavy (non-hydrogen) atoms. The van der Waals surface area contributed by atoms with Crippen LogP contribution in [0.15, 0.2) is 43.0 Å². The second kappa shape index (κ2) is 3.37. The fraction of sp³-hybridized carbons (Fsp3) is 0. The van der Waals surface area contributed by atoms with Crippen molar-refractivity contribution in [2.45, 2.75) is 0 Å². The zero-order chi connectivity index (χ0) is 11.0. The van der Waals surface area contributed by atoms with Gasteiger partial charge in [-0.15, -0.1) is 0 Å². The predicted molar refractivity (Wildman–Crippen MR) is 56.6 cm³/mol. The average Bonchev–Trinajstić information content (AvgIpc) is 2.73. The molecule has 0 atom stereocenters. The SMILES string of the molecule is Fc1cnc2c(cnn2-c2cccnc2)c1. The highest BCUT2D eigenvalue weighted by molar-refractivity contribution is 5.75. The number of pyridine rings is 2. The molecule has 78 valence electrons. The molecule has 0 aliphatic carbocycles. The lowest BCUT2D eigenvalue weighted by molar-refractivity contribution is 0.624. The number of halogens is 1. The van der Waals surface area contributed by atoms with Gasteiger partial charge in [0.15, 0.2) is 5.65 Å². The smallest absolute Gasteiger partial charge is 0.163 e. The van der Waals surface area contributed by atoms with Gasteiger partial charge in [-0.1, -0.05) is 0 Å². The van der Waals surface area contributed by atoms with Gasteiger partial charge in [0.1, 0.15) is 5.82 Å². The summed E-state index contributed by atoms with van der Waals surface area (Å²) in [5.41, 5.74) is 1.42. The first-order chi connectivity index (χ1) is 7.84. The van der Waals surface area contributed by atoms with Gasteiger partial charge < -0.3 is 0 Å². The summed E-state index contributed by atoms with van der Waals surface area (Å²) in [5.74, 6) is -0.363. The lowest BCUT2D eigenvalue weighted by atomic mass is 10.3. The lowest BCUT2D eigenvalue weighted by Crippen LogP contribution is -1.97. The summed E-state index contributed by atoms with van der Waals surface area (Å²) >= 11 is 0. The van der Waals surface area contributed by atoms with Crippen molar-refractivity contribution in [2.75, 3.05) is 0 Å². The minimum Gasteiger partial charge on any atom is -0.262 e. The minimum absolute atomic E-state index is 0.363. The van der Waals surface area contributed by atoms with E-state index in [4.69, 9.17) is 0 Å². The van der Waals surface area contributed by atoms with Crippen LogP contribution in [-0.2, 0) is 0 Å². The molecule has 3 heterocycles. The largest absolute Gasteiger partial charge is 0.262 e. The number of hydrogen-bond donors (Lipinski definition) is 0. The molecular weight excluding hydrogens is 207 g/mol. The second-order valence-electron chi connectivity index (χ2n) is 3.33. The lowest BCUT2D eigenvalue weighted by Gasteiger charge is -2.00. The highest BCUT2D eigenvalue weighted by atomic mass is 19.1. The molecule has 3 aromatic heterocycles. The van der Waals surface area contributed by atoms with Crippen LogP contribution in [-0.4, -0.2) is 19.7 Å². The van der Waals surface area contributed by atoms with Crippen molar-refractivity contribution in [1.82, 2.24) is 19.7 Å². The third-order valence-electron chi connectivity index (χ3n) is 2.27. The van der Waals surface area contributed by atoms with Gasteiger partial charge >= 0.3 is 0 Å². The molecule has 0 radical (unpaired) electrons. The molecule has 0 bridgehead atoms. The fourth-order valence-electron chi connectivity index (χ4n) is 1.56. The zero-order valence-electron chi connectivity index (χ0n) is 8.21. The van der Waals surface area contributed by atoms with E-state index in [2.05, 4.69) is 15.1 Å². The van der Waals surface area contributed by atoms with Crippen molar-refractivity contribution < 1.29 is 4.39 Å². The van der Waals surface area contributed by atoms with Crippen LogP contribution in [0.1, 0.15) is 0 Å². The monoisotopic (exact) mass is 214 g/mol. The maximum Gasteiger partial charge on any atom is 0.163 e. The molecule has 0 aliphatic rings. The molecule has 0 saturated heterocycles. The van der Waals surface area contributed by atoms with Crippen LogP contribution in [0.2, 0.25) is 0 Å². The molecule has 0 amide bonds. The Morgan fingerprint density at radius 3 is 2.94 bits per heavy atom. The fourth-order valence-corrected chi connectivity index (χ4v) is 1.56. The number of nitrogens with zero attached hydrogens (tertiary/aromatic N) is 4. The van der Waals surface area contributed by atoms with Crippen LogP contribution >= 0.6 is 0 Å². The average molecular weight is 214 g/mol. The molecular formula is C11H7FN4. The molecule has 0 N–H and O–H groups in total. The molecule has 0 aromatic carbocycles. The van der Waals surface area contributed by atoms with E-state index >= 15 is 0 Å². The van der Waals surface area contributed by atoms with E-state index < -0.39 is 0 Å². The Kier molecular flexibility index (Phi) is 1.89. The van der Waals surface area contributed by atoms with Gasteiger partial charge in [0.2, 0.25) is 0 Å². The molecule has 5 heteroatoms. The highest BCUT2D eigenvalue weighted by Gasteiger charge is 2.06. The molecule has 0 saturated carbocycles. The molecule has 3 rings (SSSR count). The Labute approximate surface area is 90.4 Å². The summed E-state index contributed by atoms with van der Waals surface area (Å²) in [6.07, 6.45) is 6.12. The van der Waals surface area contributed by atoms with Crippen molar-refractivity contribution in [3.05, 3.63) is 48.8 Å². The minimum atomic E-state index is -0.363. The number of aromatic nitrogens is 4. The van der Waals surface area contributed by atoms with Crippen molar-refractivity contribution in [3.8, 4) is 5.69 Å². The summed E-state index contributed by atoms with van der Waals surface area (Å²) in [4.78, 5) is 8.02. The summed E-state index contributed by atoms with van der Waals surface area (Å²) in [7, 11) is 0. The molecule has 0 spiro atoms. The van der Waals surface area contributed by atoms with Gasteiger partial charge in [-0.05, 0) is 18.2 Å². The maximum atomic E-state index is 12.9. The molecule has 4 nitrogen and oxygen atoms in total. The molecule has 0 fully saturated rings. The van der Waals surface area contributed by atoms with Crippen LogP contribution in [0.5, 0.6) is 0 Å². The van der Waals surface area contributed by atoms with Crippen molar-refractivity contribution in [1.29, 1.82) is 0 Å². The van der Waals surface area contributed by atoms with Crippen LogP contribution < -0.4 is 0 Å². The first kappa shape index (κ1) is 8.96. The van der Waals surface area contributed by atoms with Gasteiger partial charge in [0, 0.05) is 11.6 Å². The van der Waals surface area contributed by atoms with E-state index in [-0.39, 0.29) is 5.82 Å². The Bertz CT molecular complexity index is 633. The zero-order valence-corrected chi connectivity index (χ0v) is 8.21. The van der Waals surface area contributed by atoms with E-state index in [1.165, 1.54) is 12.3 Å². The summed E-state index contributed by atoms with van der Waals surface area (Å²) < 4.78 is 14.6. The summed E-state index contributed by atoms with van der Waals surface area (Å²) in [6, 6.07) is 5.08. The first-order valence-corrected chi connectivity index (χ1v) is 4.74. The normalized spacial score (nSPS) is 10.8. The standard InChI is InChI=1S/C11H7FN4/c12-9-4-8-5-15-16(11(8)14-6-9)10-2-1-3-13-7-10/h1-7H.